The summed E-state index contributed by atoms with van der Waals surface area (Å²) >= 11 is 0. The first kappa shape index (κ1) is 18.7. The summed E-state index contributed by atoms with van der Waals surface area (Å²) < 4.78 is 0. The molecule has 6 nitrogen and oxygen atoms in total. The van der Waals surface area contributed by atoms with E-state index < -0.39 is 24.0 Å². The summed E-state index contributed by atoms with van der Waals surface area (Å²) in [5.74, 6) is -1.90. The third-order valence-electron chi connectivity index (χ3n) is 3.74. The number of carbonyl (C=O) groups excluding carboxylic acids is 2. The maximum absolute atomic E-state index is 12.5. The van der Waals surface area contributed by atoms with Gasteiger partial charge in [0, 0.05) is 7.05 Å². The van der Waals surface area contributed by atoms with E-state index in [2.05, 4.69) is 5.32 Å². The van der Waals surface area contributed by atoms with Crippen LogP contribution in [0.4, 0.5) is 0 Å². The molecule has 0 radical (unpaired) electrons. The molecule has 0 aromatic heterocycles. The van der Waals surface area contributed by atoms with Gasteiger partial charge in [-0.1, -0.05) is 44.2 Å². The zero-order chi connectivity index (χ0) is 17.6. The fraction of sp³-hybridized carbons (Fsp3) is 0.471. The maximum Gasteiger partial charge on any atom is 0.326 e. The predicted octanol–water partition coefficient (Wildman–Crippen LogP) is 1.30. The van der Waals surface area contributed by atoms with Crippen molar-refractivity contribution in [3.63, 3.8) is 0 Å². The van der Waals surface area contributed by atoms with Gasteiger partial charge in [0.2, 0.25) is 11.8 Å². The molecule has 0 aliphatic carbocycles. The number of hydrogen-bond donors (Lipinski definition) is 2. The van der Waals surface area contributed by atoms with Gasteiger partial charge in [0.25, 0.3) is 0 Å². The van der Waals surface area contributed by atoms with E-state index in [0.717, 1.165) is 10.5 Å². The summed E-state index contributed by atoms with van der Waals surface area (Å²) in [6, 6.07) is 7.53. The second-order valence-electron chi connectivity index (χ2n) is 5.91. The number of nitrogens with one attached hydrogen (secondary N) is 1. The van der Waals surface area contributed by atoms with E-state index in [-0.39, 0.29) is 18.2 Å². The first-order valence-electron chi connectivity index (χ1n) is 7.56. The van der Waals surface area contributed by atoms with Gasteiger partial charge < -0.3 is 15.3 Å². The maximum atomic E-state index is 12.5. The summed E-state index contributed by atoms with van der Waals surface area (Å²) in [7, 11) is 1.43. The van der Waals surface area contributed by atoms with Gasteiger partial charge in [-0.15, -0.1) is 0 Å². The van der Waals surface area contributed by atoms with Crippen molar-refractivity contribution in [2.45, 2.75) is 39.3 Å². The number of aliphatic carboxylic acids is 1. The molecule has 1 aromatic carbocycles. The number of nitrogens with zero attached hydrogens (tertiary/aromatic N) is 1. The Hall–Kier alpha value is -2.37. The molecule has 2 unspecified atom stereocenters. The van der Waals surface area contributed by atoms with Gasteiger partial charge in [-0.25, -0.2) is 4.79 Å². The van der Waals surface area contributed by atoms with Crippen LogP contribution in [0.15, 0.2) is 30.3 Å². The Balaban J connectivity index is 2.76. The van der Waals surface area contributed by atoms with E-state index in [9.17, 15) is 14.4 Å². The number of carboxylic acids is 1. The minimum Gasteiger partial charge on any atom is -0.480 e. The highest BCUT2D eigenvalue weighted by Crippen LogP contribution is 2.09. The molecule has 0 heterocycles. The monoisotopic (exact) mass is 320 g/mol. The van der Waals surface area contributed by atoms with Crippen LogP contribution in [0.25, 0.3) is 0 Å². The number of likely N-dealkylation sites (N-methyl/N-ethyl adjacent to an activating group) is 1. The van der Waals surface area contributed by atoms with Crippen molar-refractivity contribution in [2.75, 3.05) is 7.05 Å². The van der Waals surface area contributed by atoms with Crippen LogP contribution >= 0.6 is 0 Å². The highest BCUT2D eigenvalue weighted by Gasteiger charge is 2.31. The molecule has 2 N–H and O–H groups in total. The molecule has 23 heavy (non-hydrogen) atoms. The molecule has 0 fully saturated rings. The van der Waals surface area contributed by atoms with Gasteiger partial charge in [0.15, 0.2) is 0 Å². The lowest BCUT2D eigenvalue weighted by Crippen LogP contribution is -2.53. The first-order valence-corrected chi connectivity index (χ1v) is 7.56. The zero-order valence-corrected chi connectivity index (χ0v) is 13.9. The Labute approximate surface area is 136 Å². The molecular formula is C17H24N2O4. The summed E-state index contributed by atoms with van der Waals surface area (Å²) in [5, 5.41) is 11.7. The molecule has 0 saturated heterocycles. The summed E-state index contributed by atoms with van der Waals surface area (Å²) in [4.78, 5) is 36.8. The van der Waals surface area contributed by atoms with E-state index in [1.807, 2.05) is 44.2 Å². The average molecular weight is 320 g/mol. The highest BCUT2D eigenvalue weighted by molar-refractivity contribution is 5.90. The smallest absolute Gasteiger partial charge is 0.326 e. The number of rotatable bonds is 7. The van der Waals surface area contributed by atoms with Crippen LogP contribution in [0, 0.1) is 5.92 Å². The summed E-state index contributed by atoms with van der Waals surface area (Å²) in [5.41, 5.74) is 0.854. The van der Waals surface area contributed by atoms with Crippen LogP contribution in [-0.2, 0) is 20.8 Å². The third kappa shape index (κ3) is 5.39. The molecule has 0 saturated carbocycles. The Bertz CT molecular complexity index is 557. The second kappa shape index (κ2) is 8.31. The lowest BCUT2D eigenvalue weighted by molar-refractivity contribution is -0.149. The van der Waals surface area contributed by atoms with E-state index >= 15 is 0 Å². The van der Waals surface area contributed by atoms with Crippen LogP contribution in [-0.4, -0.2) is 46.9 Å². The number of hydrogen-bond acceptors (Lipinski definition) is 3. The topological polar surface area (TPSA) is 86.7 Å². The van der Waals surface area contributed by atoms with Crippen molar-refractivity contribution < 1.29 is 19.5 Å². The minimum atomic E-state index is -1.08. The molecule has 126 valence electrons. The van der Waals surface area contributed by atoms with Gasteiger partial charge in [-0.3, -0.25) is 9.59 Å². The molecule has 2 amide bonds. The molecule has 6 heteroatoms. The van der Waals surface area contributed by atoms with Gasteiger partial charge in [-0.2, -0.15) is 0 Å². The fourth-order valence-electron chi connectivity index (χ4n) is 2.10. The van der Waals surface area contributed by atoms with E-state index in [1.165, 1.54) is 14.0 Å². The van der Waals surface area contributed by atoms with Crippen LogP contribution in [0.2, 0.25) is 0 Å². The van der Waals surface area contributed by atoms with Crippen molar-refractivity contribution >= 4 is 17.8 Å². The molecule has 2 atom stereocenters. The Kier molecular flexibility index (Phi) is 6.75. The number of carboxylic acid groups (broad SMARTS) is 1. The Morgan fingerprint density at radius 2 is 1.70 bits per heavy atom. The van der Waals surface area contributed by atoms with Gasteiger partial charge >= 0.3 is 5.97 Å². The molecule has 0 aliphatic rings. The number of benzene rings is 1. The predicted molar refractivity (Wildman–Crippen MR) is 86.8 cm³/mol. The standard InChI is InChI=1S/C17H24N2O4/c1-11(2)15(16(21)19(4)12(3)17(22)23)18-14(20)10-13-8-6-5-7-9-13/h5-9,11-12,15H,10H2,1-4H3,(H,18,20)(H,22,23). The average Bonchev–Trinajstić information content (AvgIpc) is 2.51. The highest BCUT2D eigenvalue weighted by atomic mass is 16.4. The molecule has 0 spiro atoms. The lowest BCUT2D eigenvalue weighted by Gasteiger charge is -2.29. The quantitative estimate of drug-likeness (QED) is 0.793. The van der Waals surface area contributed by atoms with Crippen molar-refractivity contribution in [3.05, 3.63) is 35.9 Å². The minimum absolute atomic E-state index is 0.148. The van der Waals surface area contributed by atoms with Gasteiger partial charge in [-0.05, 0) is 18.4 Å². The molecule has 1 rings (SSSR count). The first-order chi connectivity index (χ1) is 10.7. The molecular weight excluding hydrogens is 296 g/mol. The molecule has 0 aliphatic heterocycles. The number of amides is 2. The van der Waals surface area contributed by atoms with Crippen LogP contribution < -0.4 is 5.32 Å². The Morgan fingerprint density at radius 3 is 2.17 bits per heavy atom. The fourth-order valence-corrected chi connectivity index (χ4v) is 2.10. The number of carbonyl (C=O) groups is 3. The Morgan fingerprint density at radius 1 is 1.13 bits per heavy atom. The zero-order valence-electron chi connectivity index (χ0n) is 13.9. The third-order valence-corrected chi connectivity index (χ3v) is 3.74. The van der Waals surface area contributed by atoms with Crippen LogP contribution in [0.3, 0.4) is 0 Å². The largest absolute Gasteiger partial charge is 0.480 e. The second-order valence-corrected chi connectivity index (χ2v) is 5.91. The normalized spacial score (nSPS) is 13.3. The van der Waals surface area contributed by atoms with Gasteiger partial charge in [0.1, 0.15) is 12.1 Å². The van der Waals surface area contributed by atoms with Crippen molar-refractivity contribution in [1.82, 2.24) is 10.2 Å². The SMILES string of the molecule is CC(C)C(NC(=O)Cc1ccccc1)C(=O)N(C)C(C)C(=O)O. The van der Waals surface area contributed by atoms with Gasteiger partial charge in [0.05, 0.1) is 6.42 Å². The van der Waals surface area contributed by atoms with Crippen molar-refractivity contribution in [3.8, 4) is 0 Å². The van der Waals surface area contributed by atoms with E-state index in [0.29, 0.717) is 0 Å². The lowest BCUT2D eigenvalue weighted by atomic mass is 10.0. The summed E-state index contributed by atoms with van der Waals surface area (Å²) in [6.07, 6.45) is 0.176. The van der Waals surface area contributed by atoms with Crippen LogP contribution in [0.5, 0.6) is 0 Å². The van der Waals surface area contributed by atoms with Crippen LogP contribution in [0.1, 0.15) is 26.3 Å². The van der Waals surface area contributed by atoms with E-state index in [1.54, 1.807) is 0 Å². The van der Waals surface area contributed by atoms with Crippen molar-refractivity contribution in [2.24, 2.45) is 5.92 Å². The van der Waals surface area contributed by atoms with Crippen molar-refractivity contribution in [1.29, 1.82) is 0 Å². The summed E-state index contributed by atoms with van der Waals surface area (Å²) in [6.45, 7) is 5.05. The molecule has 1 aromatic rings. The molecule has 0 bridgehead atoms. The van der Waals surface area contributed by atoms with E-state index in [4.69, 9.17) is 5.11 Å².